The number of nitro groups is 1. The molecule has 0 radical (unpaired) electrons. The number of aryl methyl sites for hydroxylation is 2. The second-order valence-corrected chi connectivity index (χ2v) is 5.94. The summed E-state index contributed by atoms with van der Waals surface area (Å²) in [6.45, 7) is 3.54. The minimum atomic E-state index is -0.595. The molecule has 1 heterocycles. The number of carbonyl (C=O) groups is 1. The fraction of sp³-hybridized carbons (Fsp3) is 0.105. The van der Waals surface area contributed by atoms with Gasteiger partial charge in [0.1, 0.15) is 0 Å². The fourth-order valence-electron chi connectivity index (χ4n) is 2.97. The first-order valence-electron chi connectivity index (χ1n) is 8.06. The van der Waals surface area contributed by atoms with E-state index < -0.39 is 10.7 Å². The lowest BCUT2D eigenvalue weighted by molar-refractivity contribution is -0.384. The first kappa shape index (κ1) is 17.9. The number of nitro benzene ring substituents is 1. The van der Waals surface area contributed by atoms with Crippen molar-refractivity contribution in [3.05, 3.63) is 81.0 Å². The molecule has 0 N–H and O–H groups in total. The van der Waals surface area contributed by atoms with Crippen LogP contribution in [0.15, 0.2) is 48.5 Å². The van der Waals surface area contributed by atoms with Gasteiger partial charge in [0.2, 0.25) is 0 Å². The molecule has 1 aromatic heterocycles. The summed E-state index contributed by atoms with van der Waals surface area (Å²) >= 11 is 0. The van der Waals surface area contributed by atoms with Gasteiger partial charge in [0.15, 0.2) is 0 Å². The summed E-state index contributed by atoms with van der Waals surface area (Å²) in [5.74, 6) is -0.595. The average molecular weight is 361 g/mol. The molecule has 0 aliphatic rings. The van der Waals surface area contributed by atoms with Crippen molar-refractivity contribution in [1.82, 2.24) is 9.78 Å². The summed E-state index contributed by atoms with van der Waals surface area (Å²) < 4.78 is 1.50. The van der Waals surface area contributed by atoms with E-state index in [1.165, 1.54) is 10.7 Å². The molecule has 8 nitrogen and oxygen atoms in total. The van der Waals surface area contributed by atoms with Crippen LogP contribution in [0.4, 0.5) is 5.69 Å². The van der Waals surface area contributed by atoms with Crippen LogP contribution in [-0.4, -0.2) is 31.5 Å². The number of hydrogen-bond acceptors (Lipinski definition) is 4. The van der Waals surface area contributed by atoms with Crippen molar-refractivity contribution >= 4 is 17.7 Å². The predicted octanol–water partition coefficient (Wildman–Crippen LogP) is 3.55. The van der Waals surface area contributed by atoms with Crippen LogP contribution in [0.1, 0.15) is 21.6 Å². The Labute approximate surface area is 154 Å². The van der Waals surface area contributed by atoms with Gasteiger partial charge in [-0.15, -0.1) is 0 Å². The summed E-state index contributed by atoms with van der Waals surface area (Å²) in [6, 6.07) is 13.5. The van der Waals surface area contributed by atoms with E-state index in [4.69, 9.17) is 5.53 Å². The number of carbonyl (C=O) groups excluding carboxylic acids is 1. The van der Waals surface area contributed by atoms with Crippen molar-refractivity contribution < 1.29 is 14.5 Å². The lowest BCUT2D eigenvalue weighted by Gasteiger charge is -2.10. The molecule has 0 spiro atoms. The second-order valence-electron chi connectivity index (χ2n) is 5.94. The van der Waals surface area contributed by atoms with Crippen LogP contribution >= 0.6 is 0 Å². The molecule has 3 aromatic rings. The van der Waals surface area contributed by atoms with E-state index in [0.29, 0.717) is 11.4 Å². The van der Waals surface area contributed by atoms with Crippen LogP contribution in [0, 0.1) is 24.0 Å². The van der Waals surface area contributed by atoms with Gasteiger partial charge in [-0.3, -0.25) is 14.9 Å². The zero-order chi connectivity index (χ0) is 19.6. The standard InChI is InChI=1S/C19H15N5O3/c1-12-6-5-7-14(10-12)23-19(15-8-3-4-9-16(15)24(26)27)18(13(2)22-23)17(25)11-21-20/h3-11H,1-2H3. The third-order valence-corrected chi connectivity index (χ3v) is 4.08. The van der Waals surface area contributed by atoms with Crippen molar-refractivity contribution in [2.24, 2.45) is 0 Å². The van der Waals surface area contributed by atoms with Gasteiger partial charge in [-0.25, -0.2) is 4.68 Å². The van der Waals surface area contributed by atoms with Crippen LogP contribution in [0.2, 0.25) is 0 Å². The highest BCUT2D eigenvalue weighted by Crippen LogP contribution is 2.35. The Balaban J connectivity index is 2.41. The van der Waals surface area contributed by atoms with E-state index >= 15 is 0 Å². The third-order valence-electron chi connectivity index (χ3n) is 4.08. The van der Waals surface area contributed by atoms with Crippen LogP contribution in [0.5, 0.6) is 0 Å². The van der Waals surface area contributed by atoms with Crippen molar-refractivity contribution in [2.75, 3.05) is 0 Å². The molecule has 0 unspecified atom stereocenters. The molecule has 134 valence electrons. The van der Waals surface area contributed by atoms with E-state index in [2.05, 4.69) is 9.89 Å². The highest BCUT2D eigenvalue weighted by Gasteiger charge is 2.28. The zero-order valence-electron chi connectivity index (χ0n) is 14.7. The van der Waals surface area contributed by atoms with Crippen LogP contribution in [-0.2, 0) is 0 Å². The van der Waals surface area contributed by atoms with Gasteiger partial charge >= 0.3 is 6.21 Å². The molecule has 0 atom stereocenters. The quantitative estimate of drug-likeness (QED) is 0.173. The maximum Gasteiger partial charge on any atom is 0.328 e. The number of para-hydroxylation sites is 1. The summed E-state index contributed by atoms with van der Waals surface area (Å²) in [7, 11) is 0. The van der Waals surface area contributed by atoms with E-state index in [0.717, 1.165) is 11.8 Å². The molecule has 0 saturated heterocycles. The first-order chi connectivity index (χ1) is 12.9. The van der Waals surface area contributed by atoms with E-state index in [9.17, 15) is 14.9 Å². The monoisotopic (exact) mass is 361 g/mol. The Bertz CT molecular complexity index is 1110. The van der Waals surface area contributed by atoms with E-state index in [1.54, 1.807) is 31.2 Å². The normalized spacial score (nSPS) is 10.3. The van der Waals surface area contributed by atoms with Crippen LogP contribution < -0.4 is 0 Å². The average Bonchev–Trinajstić information content (AvgIpc) is 2.99. The summed E-state index contributed by atoms with van der Waals surface area (Å²) in [6.07, 6.45) is 0.753. The molecule has 0 bridgehead atoms. The lowest BCUT2D eigenvalue weighted by atomic mass is 10.0. The highest BCUT2D eigenvalue weighted by atomic mass is 16.6. The Kier molecular flexibility index (Phi) is 4.74. The number of hydrogen-bond donors (Lipinski definition) is 0. The van der Waals surface area contributed by atoms with Gasteiger partial charge in [-0.2, -0.15) is 9.89 Å². The van der Waals surface area contributed by atoms with E-state index in [-0.39, 0.29) is 22.5 Å². The number of Topliss-reactive ketones (excluding diaryl/α,β-unsaturated/α-hetero) is 1. The molecular weight excluding hydrogens is 346 g/mol. The van der Waals surface area contributed by atoms with Crippen LogP contribution in [0.25, 0.3) is 22.5 Å². The molecular formula is C19H15N5O3. The van der Waals surface area contributed by atoms with Crippen LogP contribution in [0.3, 0.4) is 0 Å². The number of aromatic nitrogens is 2. The predicted molar refractivity (Wildman–Crippen MR) is 99.1 cm³/mol. The molecule has 0 fully saturated rings. The number of rotatable bonds is 5. The Morgan fingerprint density at radius 1 is 1.22 bits per heavy atom. The Morgan fingerprint density at radius 3 is 2.63 bits per heavy atom. The molecule has 3 rings (SSSR count). The Morgan fingerprint density at radius 2 is 1.96 bits per heavy atom. The van der Waals surface area contributed by atoms with Gasteiger partial charge in [0.25, 0.3) is 11.5 Å². The van der Waals surface area contributed by atoms with Crippen molar-refractivity contribution in [3.63, 3.8) is 0 Å². The minimum absolute atomic E-state index is 0.142. The first-order valence-corrected chi connectivity index (χ1v) is 8.06. The van der Waals surface area contributed by atoms with E-state index in [1.807, 2.05) is 25.1 Å². The highest BCUT2D eigenvalue weighted by molar-refractivity contribution is 6.35. The maximum absolute atomic E-state index is 12.5. The Hall–Kier alpha value is -3.90. The fourth-order valence-corrected chi connectivity index (χ4v) is 2.97. The smallest absolute Gasteiger partial charge is 0.328 e. The topological polar surface area (TPSA) is 114 Å². The zero-order valence-corrected chi connectivity index (χ0v) is 14.7. The molecule has 27 heavy (non-hydrogen) atoms. The SMILES string of the molecule is Cc1cccc(-n2nc(C)c(C(=O)C=[N+]=[N-])c2-c2ccccc2[N+](=O)[O-])c1. The minimum Gasteiger partial charge on any atom is -0.361 e. The second kappa shape index (κ2) is 7.15. The van der Waals surface area contributed by atoms with Crippen molar-refractivity contribution in [2.45, 2.75) is 13.8 Å². The molecule has 0 saturated carbocycles. The maximum atomic E-state index is 12.5. The van der Waals surface area contributed by atoms with Gasteiger partial charge in [-0.1, -0.05) is 24.3 Å². The van der Waals surface area contributed by atoms with Gasteiger partial charge in [-0.05, 0) is 37.6 Å². The summed E-state index contributed by atoms with van der Waals surface area (Å²) in [4.78, 5) is 26.3. The summed E-state index contributed by atoms with van der Waals surface area (Å²) in [5, 5.41) is 16.0. The third kappa shape index (κ3) is 3.29. The van der Waals surface area contributed by atoms with Crippen molar-refractivity contribution in [1.29, 1.82) is 0 Å². The van der Waals surface area contributed by atoms with Gasteiger partial charge in [0.05, 0.1) is 33.1 Å². The molecule has 0 amide bonds. The molecule has 0 aliphatic carbocycles. The lowest BCUT2D eigenvalue weighted by Crippen LogP contribution is -2.07. The van der Waals surface area contributed by atoms with Gasteiger partial charge in [0, 0.05) is 6.07 Å². The number of ketones is 1. The number of nitrogens with zero attached hydrogens (tertiary/aromatic N) is 5. The van der Waals surface area contributed by atoms with Crippen molar-refractivity contribution in [3.8, 4) is 16.9 Å². The summed E-state index contributed by atoms with van der Waals surface area (Å²) in [5.41, 5.74) is 11.3. The van der Waals surface area contributed by atoms with Gasteiger partial charge < -0.3 is 5.53 Å². The number of benzene rings is 2. The largest absolute Gasteiger partial charge is 0.361 e. The molecule has 2 aromatic carbocycles. The molecule has 0 aliphatic heterocycles. The molecule has 8 heteroatoms.